The molecule has 0 aliphatic heterocycles. The second-order valence-corrected chi connectivity index (χ2v) is 7.08. The number of halogens is 1. The first-order valence-corrected chi connectivity index (χ1v) is 9.56. The summed E-state index contributed by atoms with van der Waals surface area (Å²) in [6.45, 7) is 1.93. The van der Waals surface area contributed by atoms with Gasteiger partial charge in [0.25, 0.3) is 5.56 Å². The molecule has 0 atom stereocenters. The van der Waals surface area contributed by atoms with Crippen LogP contribution in [0.3, 0.4) is 0 Å². The molecule has 0 saturated carbocycles. The summed E-state index contributed by atoms with van der Waals surface area (Å²) in [5.41, 5.74) is 7.68. The fourth-order valence-corrected chi connectivity index (χ4v) is 3.25. The van der Waals surface area contributed by atoms with Crippen LogP contribution in [0, 0.1) is 6.92 Å². The molecule has 3 N–H and O–H groups in total. The van der Waals surface area contributed by atoms with Crippen molar-refractivity contribution < 1.29 is 4.79 Å². The van der Waals surface area contributed by atoms with E-state index in [2.05, 4.69) is 21.2 Å². The molecule has 0 fully saturated rings. The van der Waals surface area contributed by atoms with E-state index in [0.717, 1.165) is 5.56 Å². The quantitative estimate of drug-likeness (QED) is 0.425. The maximum absolute atomic E-state index is 13.1. The number of benzene rings is 3. The van der Waals surface area contributed by atoms with Gasteiger partial charge in [-0.25, -0.2) is 19.8 Å². The van der Waals surface area contributed by atoms with E-state index in [-0.39, 0.29) is 11.5 Å². The maximum atomic E-state index is 13.1. The lowest BCUT2D eigenvalue weighted by atomic mass is 10.2. The number of para-hydroxylation sites is 1. The largest absolute Gasteiger partial charge is 0.337 e. The number of nitrogens with zero attached hydrogens (tertiary/aromatic N) is 2. The number of aromatic nitrogens is 2. The molecule has 0 bridgehead atoms. The second-order valence-electron chi connectivity index (χ2n) is 6.65. The summed E-state index contributed by atoms with van der Waals surface area (Å²) < 4.78 is 1.36. The predicted octanol–water partition coefficient (Wildman–Crippen LogP) is 4.50. The van der Waals surface area contributed by atoms with Crippen LogP contribution in [-0.4, -0.2) is 15.6 Å². The SMILES string of the molecule is Cc1cccc(NC(=O)NNc2nc3ccccc3c(=O)n2-c2cccc(Cl)c2)c1. The van der Waals surface area contributed by atoms with E-state index in [1.807, 2.05) is 25.1 Å². The third kappa shape index (κ3) is 4.11. The minimum Gasteiger partial charge on any atom is -0.307 e. The van der Waals surface area contributed by atoms with Gasteiger partial charge in [-0.15, -0.1) is 0 Å². The first kappa shape index (κ1) is 19.5. The summed E-state index contributed by atoms with van der Waals surface area (Å²) >= 11 is 6.11. The Bertz CT molecular complexity index is 1300. The molecule has 0 spiro atoms. The van der Waals surface area contributed by atoms with Crippen LogP contribution in [0.4, 0.5) is 16.4 Å². The fourth-order valence-electron chi connectivity index (χ4n) is 3.07. The van der Waals surface area contributed by atoms with Crippen LogP contribution in [0.2, 0.25) is 5.02 Å². The highest BCUT2D eigenvalue weighted by molar-refractivity contribution is 6.30. The van der Waals surface area contributed by atoms with Crippen LogP contribution in [0.25, 0.3) is 16.6 Å². The Balaban J connectivity index is 1.68. The van der Waals surface area contributed by atoms with E-state index in [4.69, 9.17) is 11.6 Å². The molecule has 3 aromatic carbocycles. The molecule has 7 nitrogen and oxygen atoms in total. The third-order valence-electron chi connectivity index (χ3n) is 4.41. The van der Waals surface area contributed by atoms with Gasteiger partial charge in [0.1, 0.15) is 0 Å². The van der Waals surface area contributed by atoms with E-state index in [1.165, 1.54) is 4.57 Å². The molecule has 4 rings (SSSR count). The molecule has 4 aromatic rings. The van der Waals surface area contributed by atoms with Gasteiger partial charge in [0.15, 0.2) is 0 Å². The van der Waals surface area contributed by atoms with Crippen molar-refractivity contribution in [2.24, 2.45) is 0 Å². The molecule has 2 amide bonds. The van der Waals surface area contributed by atoms with Gasteiger partial charge in [-0.3, -0.25) is 10.2 Å². The Kier molecular flexibility index (Phi) is 5.36. The average Bonchev–Trinajstić information content (AvgIpc) is 2.72. The van der Waals surface area contributed by atoms with Gasteiger partial charge in [0, 0.05) is 10.7 Å². The first-order valence-electron chi connectivity index (χ1n) is 9.19. The predicted molar refractivity (Wildman–Crippen MR) is 119 cm³/mol. The van der Waals surface area contributed by atoms with E-state index >= 15 is 0 Å². The number of aryl methyl sites for hydroxylation is 1. The monoisotopic (exact) mass is 419 g/mol. The number of carbonyl (C=O) groups is 1. The number of hydrogen-bond donors (Lipinski definition) is 3. The van der Waals surface area contributed by atoms with Crippen molar-refractivity contribution in [2.45, 2.75) is 6.92 Å². The number of amides is 2. The molecule has 0 aliphatic carbocycles. The Hall–Kier alpha value is -3.84. The first-order chi connectivity index (χ1) is 14.5. The normalized spacial score (nSPS) is 10.6. The molecule has 8 heteroatoms. The van der Waals surface area contributed by atoms with Gasteiger partial charge in [-0.2, -0.15) is 0 Å². The minimum atomic E-state index is -0.499. The smallest absolute Gasteiger partial charge is 0.307 e. The fraction of sp³-hybridized carbons (Fsp3) is 0.0455. The zero-order valence-electron chi connectivity index (χ0n) is 16.0. The standard InChI is InChI=1S/C22H18ClN5O2/c1-14-6-4-8-16(12-14)24-22(30)27-26-21-25-19-11-3-2-10-18(19)20(29)28(21)17-9-5-7-15(23)13-17/h2-13H,1H3,(H,25,26)(H2,24,27,30). The molecule has 0 aliphatic rings. The van der Waals surface area contributed by atoms with Crippen molar-refractivity contribution in [1.82, 2.24) is 15.0 Å². The molecular weight excluding hydrogens is 402 g/mol. The minimum absolute atomic E-state index is 0.153. The Labute approximate surface area is 177 Å². The molecular formula is C22H18ClN5O2. The summed E-state index contributed by atoms with van der Waals surface area (Å²) in [7, 11) is 0. The number of rotatable bonds is 4. The topological polar surface area (TPSA) is 88.1 Å². The lowest BCUT2D eigenvalue weighted by Gasteiger charge is -2.16. The van der Waals surface area contributed by atoms with E-state index < -0.39 is 6.03 Å². The van der Waals surface area contributed by atoms with Crippen molar-refractivity contribution in [3.8, 4) is 5.69 Å². The Morgan fingerprint density at radius 3 is 2.60 bits per heavy atom. The second kappa shape index (κ2) is 8.26. The summed E-state index contributed by atoms with van der Waals surface area (Å²) in [6, 6.07) is 20.7. The van der Waals surface area contributed by atoms with Crippen LogP contribution in [0.5, 0.6) is 0 Å². The van der Waals surface area contributed by atoms with Crippen molar-refractivity contribution in [3.63, 3.8) is 0 Å². The van der Waals surface area contributed by atoms with Crippen LogP contribution < -0.4 is 21.7 Å². The van der Waals surface area contributed by atoms with Crippen molar-refractivity contribution >= 4 is 40.2 Å². The highest BCUT2D eigenvalue weighted by atomic mass is 35.5. The third-order valence-corrected chi connectivity index (χ3v) is 4.64. The highest BCUT2D eigenvalue weighted by Crippen LogP contribution is 2.19. The van der Waals surface area contributed by atoms with Crippen molar-refractivity contribution in [1.29, 1.82) is 0 Å². The molecule has 1 heterocycles. The van der Waals surface area contributed by atoms with Crippen LogP contribution in [0.15, 0.2) is 77.6 Å². The Morgan fingerprint density at radius 2 is 1.80 bits per heavy atom. The summed E-state index contributed by atoms with van der Waals surface area (Å²) in [5.74, 6) is 0.153. The lowest BCUT2D eigenvalue weighted by Crippen LogP contribution is -2.36. The van der Waals surface area contributed by atoms with Crippen molar-refractivity contribution in [2.75, 3.05) is 10.7 Å². The van der Waals surface area contributed by atoms with Gasteiger partial charge in [0.05, 0.1) is 16.6 Å². The van der Waals surface area contributed by atoms with Crippen molar-refractivity contribution in [3.05, 3.63) is 93.7 Å². The molecule has 1 aromatic heterocycles. The van der Waals surface area contributed by atoms with Crippen LogP contribution in [-0.2, 0) is 0 Å². The average molecular weight is 420 g/mol. The summed E-state index contributed by atoms with van der Waals surface area (Å²) in [5, 5.41) is 3.65. The number of nitrogens with one attached hydrogen (secondary N) is 3. The van der Waals surface area contributed by atoms with Crippen LogP contribution in [0.1, 0.15) is 5.56 Å². The zero-order chi connectivity index (χ0) is 21.1. The molecule has 30 heavy (non-hydrogen) atoms. The Morgan fingerprint density at radius 1 is 1.00 bits per heavy atom. The van der Waals surface area contributed by atoms with Gasteiger partial charge >= 0.3 is 6.03 Å². The molecule has 0 radical (unpaired) electrons. The number of anilines is 2. The van der Waals surface area contributed by atoms with Gasteiger partial charge in [-0.05, 0) is 55.0 Å². The van der Waals surface area contributed by atoms with E-state index in [1.54, 1.807) is 54.6 Å². The summed E-state index contributed by atoms with van der Waals surface area (Å²) in [6.07, 6.45) is 0. The van der Waals surface area contributed by atoms with Gasteiger partial charge in [-0.1, -0.05) is 41.9 Å². The van der Waals surface area contributed by atoms with E-state index in [9.17, 15) is 9.59 Å². The summed E-state index contributed by atoms with van der Waals surface area (Å²) in [4.78, 5) is 30.0. The number of hydrazine groups is 1. The molecule has 0 saturated heterocycles. The number of hydrogen-bond acceptors (Lipinski definition) is 4. The zero-order valence-corrected chi connectivity index (χ0v) is 16.8. The van der Waals surface area contributed by atoms with Gasteiger partial charge in [0.2, 0.25) is 5.95 Å². The number of carbonyl (C=O) groups excluding carboxylic acids is 1. The van der Waals surface area contributed by atoms with Gasteiger partial charge < -0.3 is 5.32 Å². The van der Waals surface area contributed by atoms with Crippen LogP contribution >= 0.6 is 11.6 Å². The number of urea groups is 1. The number of fused-ring (bicyclic) bond motifs is 1. The molecule has 150 valence electrons. The molecule has 0 unspecified atom stereocenters. The maximum Gasteiger partial charge on any atom is 0.337 e. The lowest BCUT2D eigenvalue weighted by molar-refractivity contribution is 0.253. The van der Waals surface area contributed by atoms with E-state index in [0.29, 0.717) is 27.3 Å². The highest BCUT2D eigenvalue weighted by Gasteiger charge is 2.14.